The Morgan fingerprint density at radius 1 is 1.18 bits per heavy atom. The highest BCUT2D eigenvalue weighted by molar-refractivity contribution is 6.03. The molecule has 0 fully saturated rings. The van der Waals surface area contributed by atoms with E-state index in [9.17, 15) is 19.1 Å². The quantitative estimate of drug-likeness (QED) is 0.164. The molecule has 3 aromatic carbocycles. The number of rotatable bonds is 7. The van der Waals surface area contributed by atoms with Crippen molar-refractivity contribution in [3.8, 4) is 0 Å². The van der Waals surface area contributed by atoms with Gasteiger partial charge in [-0.1, -0.05) is 36.4 Å². The number of nitrogens with one attached hydrogen (secondary N) is 2. The molecule has 5 rings (SSSR count). The smallest absolute Gasteiger partial charge is 0.407 e. The second-order valence-corrected chi connectivity index (χ2v) is 9.92. The zero-order chi connectivity index (χ0) is 27.5. The average Bonchev–Trinajstić information content (AvgIpc) is 3.23. The summed E-state index contributed by atoms with van der Waals surface area (Å²) in [5.74, 6) is -0.850. The molecule has 4 aromatic rings. The van der Waals surface area contributed by atoms with E-state index in [4.69, 9.17) is 5.73 Å². The lowest BCUT2D eigenvalue weighted by Gasteiger charge is -2.34. The van der Waals surface area contributed by atoms with Crippen molar-refractivity contribution in [1.82, 2.24) is 9.88 Å². The third-order valence-electron chi connectivity index (χ3n) is 7.40. The average molecular weight is 527 g/mol. The summed E-state index contributed by atoms with van der Waals surface area (Å²) in [4.78, 5) is 29.7. The number of nitrogen functional groups attached to an aromatic ring is 1. The number of nitrogens with zero attached hydrogens (tertiary/aromatic N) is 1. The van der Waals surface area contributed by atoms with Crippen LogP contribution in [0, 0.1) is 12.7 Å². The monoisotopic (exact) mass is 526 g/mol. The van der Waals surface area contributed by atoms with Crippen LogP contribution < -0.4 is 11.1 Å². The van der Waals surface area contributed by atoms with Crippen LogP contribution in [0.2, 0.25) is 0 Å². The van der Waals surface area contributed by atoms with Gasteiger partial charge in [0.05, 0.1) is 17.4 Å². The molecule has 0 saturated heterocycles. The van der Waals surface area contributed by atoms with E-state index in [0.717, 1.165) is 64.2 Å². The van der Waals surface area contributed by atoms with Crippen molar-refractivity contribution in [3.63, 3.8) is 0 Å². The van der Waals surface area contributed by atoms with E-state index >= 15 is 0 Å². The molecular weight excluding hydrogens is 495 g/mol. The maximum atomic E-state index is 13.2. The van der Waals surface area contributed by atoms with E-state index in [0.29, 0.717) is 18.7 Å². The zero-order valence-electron chi connectivity index (χ0n) is 21.7. The van der Waals surface area contributed by atoms with E-state index in [1.54, 1.807) is 11.0 Å². The lowest BCUT2D eigenvalue weighted by molar-refractivity contribution is -0.111. The van der Waals surface area contributed by atoms with Gasteiger partial charge >= 0.3 is 6.09 Å². The van der Waals surface area contributed by atoms with Gasteiger partial charge in [-0.05, 0) is 85.2 Å². The van der Waals surface area contributed by atoms with Gasteiger partial charge in [-0.3, -0.25) is 4.79 Å². The highest BCUT2D eigenvalue weighted by atomic mass is 19.1. The number of hydrogen-bond donors (Lipinski definition) is 4. The number of carbonyl (C=O) groups is 2. The van der Waals surface area contributed by atoms with Gasteiger partial charge in [0.25, 0.3) is 0 Å². The number of anilines is 2. The molecule has 200 valence electrons. The molecule has 2 amide bonds. The number of hydrogen-bond acceptors (Lipinski definition) is 3. The molecule has 1 aliphatic rings. The Bertz CT molecular complexity index is 1580. The number of para-hydroxylation sites is 1. The Kier molecular flexibility index (Phi) is 7.36. The largest absolute Gasteiger partial charge is 0.465 e. The van der Waals surface area contributed by atoms with Crippen LogP contribution in [0.4, 0.5) is 20.6 Å². The third-order valence-corrected chi connectivity index (χ3v) is 7.40. The first-order valence-electron chi connectivity index (χ1n) is 13.0. The Balaban J connectivity index is 1.30. The number of H-pyrrole nitrogens is 1. The number of carboxylic acid groups (broad SMARTS) is 1. The lowest BCUT2D eigenvalue weighted by atomic mass is 9.85. The fourth-order valence-corrected chi connectivity index (χ4v) is 5.50. The molecule has 1 heterocycles. The van der Waals surface area contributed by atoms with Gasteiger partial charge in [0, 0.05) is 29.2 Å². The van der Waals surface area contributed by atoms with Crippen molar-refractivity contribution in [2.24, 2.45) is 0 Å². The molecule has 5 N–H and O–H groups in total. The van der Waals surface area contributed by atoms with Gasteiger partial charge in [-0.25, -0.2) is 9.18 Å². The summed E-state index contributed by atoms with van der Waals surface area (Å²) in [6.07, 6.45) is 5.30. The zero-order valence-corrected chi connectivity index (χ0v) is 21.7. The molecule has 0 aliphatic heterocycles. The summed E-state index contributed by atoms with van der Waals surface area (Å²) in [5.41, 5.74) is 12.5. The SMILES string of the molecule is Cc1[nH]c2ccccc2c1CCN(C(=O)O)C1CCCc2cc(/C=C/C(=O)Nc3ccc(F)cc3N)ccc21. The van der Waals surface area contributed by atoms with Crippen molar-refractivity contribution in [2.45, 2.75) is 38.6 Å². The van der Waals surface area contributed by atoms with Gasteiger partial charge in [0.15, 0.2) is 0 Å². The number of nitrogens with two attached hydrogens (primary N) is 1. The van der Waals surface area contributed by atoms with Crippen LogP contribution in [0.15, 0.2) is 66.7 Å². The molecule has 0 bridgehead atoms. The molecule has 0 spiro atoms. The van der Waals surface area contributed by atoms with E-state index in [2.05, 4.69) is 16.4 Å². The first-order valence-corrected chi connectivity index (χ1v) is 13.0. The summed E-state index contributed by atoms with van der Waals surface area (Å²) in [7, 11) is 0. The van der Waals surface area contributed by atoms with Crippen molar-refractivity contribution < 1.29 is 19.1 Å². The molecule has 39 heavy (non-hydrogen) atoms. The van der Waals surface area contributed by atoms with Crippen molar-refractivity contribution in [1.29, 1.82) is 0 Å². The van der Waals surface area contributed by atoms with E-state index in [-0.39, 0.29) is 17.6 Å². The number of carbonyl (C=O) groups excluding carboxylic acids is 1. The first-order chi connectivity index (χ1) is 18.8. The minimum Gasteiger partial charge on any atom is -0.465 e. The van der Waals surface area contributed by atoms with Gasteiger partial charge in [-0.2, -0.15) is 0 Å². The van der Waals surface area contributed by atoms with Crippen molar-refractivity contribution >= 4 is 40.4 Å². The summed E-state index contributed by atoms with van der Waals surface area (Å²) in [6, 6.07) is 17.6. The van der Waals surface area contributed by atoms with Crippen molar-refractivity contribution in [3.05, 3.63) is 101 Å². The number of aromatic nitrogens is 1. The molecule has 8 heteroatoms. The molecule has 7 nitrogen and oxygen atoms in total. The van der Waals surface area contributed by atoms with Crippen LogP contribution in [-0.2, 0) is 17.6 Å². The fraction of sp³-hybridized carbons (Fsp3) is 0.226. The Hall–Kier alpha value is -4.59. The van der Waals surface area contributed by atoms with Gasteiger partial charge < -0.3 is 26.0 Å². The van der Waals surface area contributed by atoms with Gasteiger partial charge in [0.2, 0.25) is 5.91 Å². The normalized spacial score (nSPS) is 14.9. The molecule has 0 saturated carbocycles. The second kappa shape index (κ2) is 11.0. The van der Waals surface area contributed by atoms with Crippen LogP contribution in [0.25, 0.3) is 17.0 Å². The summed E-state index contributed by atoms with van der Waals surface area (Å²) < 4.78 is 13.2. The third kappa shape index (κ3) is 5.65. The topological polar surface area (TPSA) is 111 Å². The number of fused-ring (bicyclic) bond motifs is 2. The molecular formula is C31H31FN4O3. The molecule has 0 radical (unpaired) electrons. The van der Waals surface area contributed by atoms with Crippen LogP contribution in [0.3, 0.4) is 0 Å². The molecule has 1 aromatic heterocycles. The standard InChI is InChI=1S/C31H31FN4O3/c1-19-23(25-6-2-3-7-27(25)34-19)15-16-36(31(38)39)29-8-4-5-21-17-20(9-12-24(21)29)10-14-30(37)35-28-13-11-22(32)18-26(28)33/h2-3,6-7,9-14,17-18,29,34H,4-5,8,15-16,33H2,1H3,(H,35,37)(H,38,39)/b14-10+. The maximum absolute atomic E-state index is 13.2. The minimum absolute atomic E-state index is 0.152. The highest BCUT2D eigenvalue weighted by Crippen LogP contribution is 2.36. The summed E-state index contributed by atoms with van der Waals surface area (Å²) in [6.45, 7) is 2.43. The number of aromatic amines is 1. The highest BCUT2D eigenvalue weighted by Gasteiger charge is 2.29. The summed E-state index contributed by atoms with van der Waals surface area (Å²) >= 11 is 0. The Morgan fingerprint density at radius 3 is 2.79 bits per heavy atom. The number of halogens is 1. The minimum atomic E-state index is -0.925. The predicted molar refractivity (Wildman–Crippen MR) is 152 cm³/mol. The summed E-state index contributed by atoms with van der Waals surface area (Å²) in [5, 5.41) is 13.9. The Labute approximate surface area is 226 Å². The second-order valence-electron chi connectivity index (χ2n) is 9.92. The molecule has 1 aliphatic carbocycles. The van der Waals surface area contributed by atoms with Gasteiger partial charge in [-0.15, -0.1) is 0 Å². The first kappa shape index (κ1) is 26.0. The Morgan fingerprint density at radius 2 is 2.00 bits per heavy atom. The number of amides is 2. The molecule has 1 atom stereocenters. The fourth-order valence-electron chi connectivity index (χ4n) is 5.50. The van der Waals surface area contributed by atoms with Crippen LogP contribution in [0.5, 0.6) is 0 Å². The lowest BCUT2D eigenvalue weighted by Crippen LogP contribution is -2.37. The number of benzene rings is 3. The van der Waals surface area contributed by atoms with Crippen LogP contribution >= 0.6 is 0 Å². The molecule has 1 unspecified atom stereocenters. The maximum Gasteiger partial charge on any atom is 0.407 e. The van der Waals surface area contributed by atoms with E-state index in [1.165, 1.54) is 18.2 Å². The van der Waals surface area contributed by atoms with Crippen molar-refractivity contribution in [2.75, 3.05) is 17.6 Å². The predicted octanol–water partition coefficient (Wildman–Crippen LogP) is 6.45. The van der Waals surface area contributed by atoms with E-state index < -0.39 is 11.9 Å². The van der Waals surface area contributed by atoms with Gasteiger partial charge in [0.1, 0.15) is 5.82 Å². The van der Waals surface area contributed by atoms with Crippen LogP contribution in [0.1, 0.15) is 46.8 Å². The van der Waals surface area contributed by atoms with E-state index in [1.807, 2.05) is 43.3 Å². The van der Waals surface area contributed by atoms with Crippen LogP contribution in [-0.4, -0.2) is 33.5 Å². The number of aryl methyl sites for hydroxylation is 2.